The highest BCUT2D eigenvalue weighted by molar-refractivity contribution is 6.22. The first-order valence-electron chi connectivity index (χ1n) is 8.14. The van der Waals surface area contributed by atoms with Gasteiger partial charge in [0, 0.05) is 6.42 Å². The van der Waals surface area contributed by atoms with E-state index in [2.05, 4.69) is 0 Å². The first-order valence-corrected chi connectivity index (χ1v) is 8.14. The van der Waals surface area contributed by atoms with Crippen molar-refractivity contribution in [3.05, 3.63) is 59.2 Å². The fraction of sp³-hybridized carbons (Fsp3) is 0.211. The van der Waals surface area contributed by atoms with E-state index in [0.717, 1.165) is 4.90 Å². The van der Waals surface area contributed by atoms with E-state index in [-0.39, 0.29) is 17.5 Å². The molecule has 7 heteroatoms. The second-order valence-corrected chi connectivity index (χ2v) is 6.06. The van der Waals surface area contributed by atoms with Crippen molar-refractivity contribution in [1.82, 2.24) is 4.90 Å². The van der Waals surface area contributed by atoms with Crippen LogP contribution in [0.5, 0.6) is 11.5 Å². The van der Waals surface area contributed by atoms with Crippen molar-refractivity contribution in [2.75, 3.05) is 13.2 Å². The third-order valence-electron chi connectivity index (χ3n) is 4.46. The van der Waals surface area contributed by atoms with Gasteiger partial charge >= 0.3 is 5.97 Å². The molecule has 2 aromatic carbocycles. The Morgan fingerprint density at radius 1 is 1.00 bits per heavy atom. The topological polar surface area (TPSA) is 93.1 Å². The summed E-state index contributed by atoms with van der Waals surface area (Å²) in [5.41, 5.74) is 1.09. The molecule has 2 amide bonds. The van der Waals surface area contributed by atoms with Gasteiger partial charge in [-0.25, -0.2) is 4.79 Å². The third-order valence-corrected chi connectivity index (χ3v) is 4.46. The summed E-state index contributed by atoms with van der Waals surface area (Å²) in [5, 5.41) is 9.65. The van der Waals surface area contributed by atoms with Gasteiger partial charge in [-0.3, -0.25) is 14.5 Å². The van der Waals surface area contributed by atoms with Crippen LogP contribution in [-0.2, 0) is 11.2 Å². The molecule has 2 aliphatic heterocycles. The Kier molecular flexibility index (Phi) is 3.84. The van der Waals surface area contributed by atoms with Gasteiger partial charge in [0.15, 0.2) is 11.5 Å². The van der Waals surface area contributed by atoms with E-state index >= 15 is 0 Å². The zero-order chi connectivity index (χ0) is 18.3. The number of carboxylic acids is 1. The molecule has 26 heavy (non-hydrogen) atoms. The summed E-state index contributed by atoms with van der Waals surface area (Å²) in [7, 11) is 0. The highest BCUT2D eigenvalue weighted by Crippen LogP contribution is 2.32. The molecule has 0 aliphatic carbocycles. The quantitative estimate of drug-likeness (QED) is 0.842. The van der Waals surface area contributed by atoms with Gasteiger partial charge in [0.2, 0.25) is 0 Å². The SMILES string of the molecule is O=C(O)[C@H](Cc1ccc2c(c1)OCCO2)N1C(=O)c2ccccc2C1=O. The van der Waals surface area contributed by atoms with Crippen molar-refractivity contribution in [2.45, 2.75) is 12.5 Å². The van der Waals surface area contributed by atoms with Crippen molar-refractivity contribution in [3.63, 3.8) is 0 Å². The predicted molar refractivity (Wildman–Crippen MR) is 89.5 cm³/mol. The fourth-order valence-electron chi connectivity index (χ4n) is 3.22. The van der Waals surface area contributed by atoms with E-state index in [1.807, 2.05) is 0 Å². The summed E-state index contributed by atoms with van der Waals surface area (Å²) in [4.78, 5) is 37.8. The molecule has 0 saturated carbocycles. The van der Waals surface area contributed by atoms with E-state index in [0.29, 0.717) is 30.3 Å². The highest BCUT2D eigenvalue weighted by atomic mass is 16.6. The molecule has 2 heterocycles. The molecule has 0 unspecified atom stereocenters. The van der Waals surface area contributed by atoms with Crippen LogP contribution in [0.15, 0.2) is 42.5 Å². The van der Waals surface area contributed by atoms with Crippen LogP contribution in [0.4, 0.5) is 0 Å². The maximum Gasteiger partial charge on any atom is 0.327 e. The van der Waals surface area contributed by atoms with Gasteiger partial charge in [-0.1, -0.05) is 18.2 Å². The molecule has 2 aliphatic rings. The number of hydrogen-bond donors (Lipinski definition) is 1. The Bertz CT molecular complexity index is 887. The number of nitrogens with zero attached hydrogens (tertiary/aromatic N) is 1. The van der Waals surface area contributed by atoms with Crippen LogP contribution in [0.3, 0.4) is 0 Å². The van der Waals surface area contributed by atoms with E-state index in [1.165, 1.54) is 12.1 Å². The lowest BCUT2D eigenvalue weighted by atomic mass is 10.0. The van der Waals surface area contributed by atoms with Gasteiger partial charge in [-0.15, -0.1) is 0 Å². The van der Waals surface area contributed by atoms with Crippen LogP contribution in [0, 0.1) is 0 Å². The number of fused-ring (bicyclic) bond motifs is 2. The van der Waals surface area contributed by atoms with E-state index in [9.17, 15) is 19.5 Å². The Balaban J connectivity index is 1.64. The van der Waals surface area contributed by atoms with Gasteiger partial charge in [-0.05, 0) is 29.8 Å². The summed E-state index contributed by atoms with van der Waals surface area (Å²) in [6.07, 6.45) is -0.0164. The van der Waals surface area contributed by atoms with Gasteiger partial charge in [0.1, 0.15) is 19.3 Å². The van der Waals surface area contributed by atoms with Gasteiger partial charge in [0.25, 0.3) is 11.8 Å². The Labute approximate surface area is 148 Å². The molecule has 4 rings (SSSR count). The summed E-state index contributed by atoms with van der Waals surface area (Å²) in [6.45, 7) is 0.871. The minimum Gasteiger partial charge on any atom is -0.486 e. The molecule has 0 aromatic heterocycles. The maximum atomic E-state index is 12.6. The molecular weight excluding hydrogens is 338 g/mol. The van der Waals surface area contributed by atoms with Crippen LogP contribution >= 0.6 is 0 Å². The third kappa shape index (κ3) is 2.57. The van der Waals surface area contributed by atoms with Crippen LogP contribution in [0.2, 0.25) is 0 Å². The van der Waals surface area contributed by atoms with Crippen molar-refractivity contribution < 1.29 is 29.0 Å². The second kappa shape index (κ2) is 6.18. The van der Waals surface area contributed by atoms with Crippen LogP contribution in [0.25, 0.3) is 0 Å². The number of carboxylic acid groups (broad SMARTS) is 1. The second-order valence-electron chi connectivity index (χ2n) is 6.06. The Morgan fingerprint density at radius 2 is 1.62 bits per heavy atom. The average molecular weight is 353 g/mol. The summed E-state index contributed by atoms with van der Waals surface area (Å²) in [5.74, 6) is -1.30. The Morgan fingerprint density at radius 3 is 2.23 bits per heavy atom. The molecule has 132 valence electrons. The maximum absolute atomic E-state index is 12.6. The molecule has 1 N–H and O–H groups in total. The molecule has 0 radical (unpaired) electrons. The Hall–Kier alpha value is -3.35. The lowest BCUT2D eigenvalue weighted by Gasteiger charge is -2.24. The summed E-state index contributed by atoms with van der Waals surface area (Å²) >= 11 is 0. The summed E-state index contributed by atoms with van der Waals surface area (Å²) < 4.78 is 11.0. The highest BCUT2D eigenvalue weighted by Gasteiger charge is 2.42. The van der Waals surface area contributed by atoms with Gasteiger partial charge in [0.05, 0.1) is 11.1 Å². The lowest BCUT2D eigenvalue weighted by molar-refractivity contribution is -0.141. The minimum absolute atomic E-state index is 0.0164. The van der Waals surface area contributed by atoms with Crippen LogP contribution in [0.1, 0.15) is 26.3 Å². The molecule has 0 spiro atoms. The zero-order valence-corrected chi connectivity index (χ0v) is 13.7. The molecule has 0 saturated heterocycles. The summed E-state index contributed by atoms with van der Waals surface area (Å²) in [6, 6.07) is 10.1. The molecule has 0 fully saturated rings. The average Bonchev–Trinajstić information content (AvgIpc) is 2.91. The standard InChI is InChI=1S/C19H15NO6/c21-17-12-3-1-2-4-13(12)18(22)20(17)14(19(23)24)9-11-5-6-15-16(10-11)26-8-7-25-15/h1-6,10,14H,7-9H2,(H,23,24)/t14-/m0/s1. The largest absolute Gasteiger partial charge is 0.486 e. The number of aliphatic carboxylic acids is 1. The van der Waals surface area contributed by atoms with Crippen molar-refractivity contribution >= 4 is 17.8 Å². The molecule has 1 atom stereocenters. The lowest BCUT2D eigenvalue weighted by Crippen LogP contribution is -2.46. The van der Waals surface area contributed by atoms with Crippen LogP contribution in [-0.4, -0.2) is 47.0 Å². The monoisotopic (exact) mass is 353 g/mol. The first-order chi connectivity index (χ1) is 12.6. The normalized spacial score (nSPS) is 16.4. The van der Waals surface area contributed by atoms with Gasteiger partial charge in [-0.2, -0.15) is 0 Å². The molecule has 2 aromatic rings. The number of carbonyl (C=O) groups is 3. The number of hydrogen-bond acceptors (Lipinski definition) is 5. The number of benzene rings is 2. The van der Waals surface area contributed by atoms with Crippen molar-refractivity contribution in [1.29, 1.82) is 0 Å². The zero-order valence-electron chi connectivity index (χ0n) is 13.7. The fourth-order valence-corrected chi connectivity index (χ4v) is 3.22. The van der Waals surface area contributed by atoms with Crippen molar-refractivity contribution in [2.24, 2.45) is 0 Å². The first kappa shape index (κ1) is 16.1. The number of amides is 2. The van der Waals surface area contributed by atoms with Crippen LogP contribution < -0.4 is 9.47 Å². The smallest absolute Gasteiger partial charge is 0.327 e. The molecular formula is C19H15NO6. The predicted octanol–water partition coefficient (Wildman–Crippen LogP) is 1.75. The number of imide groups is 1. The molecule has 7 nitrogen and oxygen atoms in total. The van der Waals surface area contributed by atoms with E-state index in [4.69, 9.17) is 9.47 Å². The number of carbonyl (C=O) groups excluding carboxylic acids is 2. The number of rotatable bonds is 4. The van der Waals surface area contributed by atoms with Crippen molar-refractivity contribution in [3.8, 4) is 11.5 Å². The van der Waals surface area contributed by atoms with E-state index < -0.39 is 23.8 Å². The minimum atomic E-state index is -1.30. The van der Waals surface area contributed by atoms with Gasteiger partial charge < -0.3 is 14.6 Å². The molecule has 0 bridgehead atoms. The van der Waals surface area contributed by atoms with E-state index in [1.54, 1.807) is 30.3 Å². The number of ether oxygens (including phenoxy) is 2.